The zero-order valence-corrected chi connectivity index (χ0v) is 10.6. The molecule has 0 radical (unpaired) electrons. The average molecular weight is 258 g/mol. The van der Waals surface area contributed by atoms with Gasteiger partial charge in [-0.25, -0.2) is 0 Å². The van der Waals surface area contributed by atoms with Crippen molar-refractivity contribution in [1.29, 1.82) is 0 Å². The lowest BCUT2D eigenvalue weighted by Crippen LogP contribution is -2.36. The highest BCUT2D eigenvalue weighted by atomic mass is 35.5. The first-order valence-corrected chi connectivity index (χ1v) is 4.84. The van der Waals surface area contributed by atoms with Crippen molar-refractivity contribution in [3.05, 3.63) is 29.8 Å². The van der Waals surface area contributed by atoms with Crippen LogP contribution in [0.25, 0.3) is 0 Å². The monoisotopic (exact) mass is 257 g/mol. The fourth-order valence-corrected chi connectivity index (χ4v) is 1.10. The highest BCUT2D eigenvalue weighted by molar-refractivity contribution is 5.97. The summed E-state index contributed by atoms with van der Waals surface area (Å²) in [6.07, 6.45) is 0. The maximum Gasteiger partial charge on any atom is 0.251 e. The van der Waals surface area contributed by atoms with Crippen LogP contribution in [0, 0.1) is 0 Å². The summed E-state index contributed by atoms with van der Waals surface area (Å²) in [6.45, 7) is -0.0133. The zero-order valence-electron chi connectivity index (χ0n) is 9.77. The Kier molecular flexibility index (Phi) is 6.06. The number of amides is 2. The molecular weight excluding hydrogens is 242 g/mol. The van der Waals surface area contributed by atoms with E-state index in [1.54, 1.807) is 38.4 Å². The van der Waals surface area contributed by atoms with Crippen LogP contribution in [0.3, 0.4) is 0 Å². The third kappa shape index (κ3) is 4.74. The maximum atomic E-state index is 11.6. The molecule has 0 saturated heterocycles. The van der Waals surface area contributed by atoms with Crippen LogP contribution in [0.1, 0.15) is 10.4 Å². The second kappa shape index (κ2) is 6.75. The molecule has 0 unspecified atom stereocenters. The number of nitrogens with zero attached hydrogens (tertiary/aromatic N) is 1. The largest absolute Gasteiger partial charge is 0.399 e. The molecule has 0 spiro atoms. The standard InChI is InChI=1S/C11H15N3O2.ClH/c1-14(2)10(15)7-13-11(16)8-4-3-5-9(12)6-8;/h3-6H,7,12H2,1-2H3,(H,13,16);1H. The average Bonchev–Trinajstić information content (AvgIpc) is 2.25. The molecule has 94 valence electrons. The highest BCUT2D eigenvalue weighted by Crippen LogP contribution is 2.05. The van der Waals surface area contributed by atoms with Crippen LogP contribution in [-0.2, 0) is 4.79 Å². The molecule has 3 N–H and O–H groups in total. The molecular formula is C11H16ClN3O2. The van der Waals surface area contributed by atoms with Gasteiger partial charge in [-0.3, -0.25) is 9.59 Å². The molecule has 1 rings (SSSR count). The lowest BCUT2D eigenvalue weighted by molar-refractivity contribution is -0.127. The number of nitrogens with one attached hydrogen (secondary N) is 1. The van der Waals surface area contributed by atoms with Gasteiger partial charge in [0.1, 0.15) is 0 Å². The Hall–Kier alpha value is -1.75. The quantitative estimate of drug-likeness (QED) is 0.775. The molecule has 0 fully saturated rings. The third-order valence-electron chi connectivity index (χ3n) is 2.05. The van der Waals surface area contributed by atoms with E-state index in [1.165, 1.54) is 4.90 Å². The van der Waals surface area contributed by atoms with E-state index in [9.17, 15) is 9.59 Å². The topological polar surface area (TPSA) is 75.4 Å². The molecule has 17 heavy (non-hydrogen) atoms. The summed E-state index contributed by atoms with van der Waals surface area (Å²) in [6, 6.07) is 6.60. The van der Waals surface area contributed by atoms with Crippen molar-refractivity contribution >= 4 is 29.9 Å². The molecule has 0 aliphatic heterocycles. The number of hydrogen-bond acceptors (Lipinski definition) is 3. The molecule has 0 aliphatic rings. The highest BCUT2D eigenvalue weighted by Gasteiger charge is 2.08. The fraction of sp³-hybridized carbons (Fsp3) is 0.273. The number of anilines is 1. The predicted molar refractivity (Wildman–Crippen MR) is 69.1 cm³/mol. The van der Waals surface area contributed by atoms with E-state index >= 15 is 0 Å². The van der Waals surface area contributed by atoms with Crippen molar-refractivity contribution in [2.24, 2.45) is 0 Å². The molecule has 0 aliphatic carbocycles. The van der Waals surface area contributed by atoms with Gasteiger partial charge >= 0.3 is 0 Å². The Labute approximate surface area is 106 Å². The molecule has 5 nitrogen and oxygen atoms in total. The first-order chi connectivity index (χ1) is 7.50. The fourth-order valence-electron chi connectivity index (χ4n) is 1.10. The van der Waals surface area contributed by atoms with Gasteiger partial charge in [0.2, 0.25) is 5.91 Å². The number of benzene rings is 1. The third-order valence-corrected chi connectivity index (χ3v) is 2.05. The molecule has 1 aromatic rings. The summed E-state index contributed by atoms with van der Waals surface area (Å²) < 4.78 is 0. The van der Waals surface area contributed by atoms with Crippen LogP contribution < -0.4 is 11.1 Å². The summed E-state index contributed by atoms with van der Waals surface area (Å²) in [4.78, 5) is 24.2. The molecule has 0 atom stereocenters. The van der Waals surface area contributed by atoms with Crippen LogP contribution in [-0.4, -0.2) is 37.4 Å². The Bertz CT molecular complexity index is 407. The lowest BCUT2D eigenvalue weighted by Gasteiger charge is -2.10. The van der Waals surface area contributed by atoms with Gasteiger partial charge in [0.05, 0.1) is 6.54 Å². The van der Waals surface area contributed by atoms with E-state index in [2.05, 4.69) is 5.32 Å². The molecule has 2 amide bonds. The lowest BCUT2D eigenvalue weighted by atomic mass is 10.2. The minimum absolute atomic E-state index is 0. The number of nitrogen functional groups attached to an aromatic ring is 1. The maximum absolute atomic E-state index is 11.6. The van der Waals surface area contributed by atoms with Crippen molar-refractivity contribution in [2.75, 3.05) is 26.4 Å². The second-order valence-corrected chi connectivity index (χ2v) is 3.60. The van der Waals surface area contributed by atoms with Crippen molar-refractivity contribution in [1.82, 2.24) is 10.2 Å². The summed E-state index contributed by atoms with van der Waals surface area (Å²) in [5.74, 6) is -0.459. The van der Waals surface area contributed by atoms with E-state index in [-0.39, 0.29) is 30.8 Å². The smallest absolute Gasteiger partial charge is 0.251 e. The summed E-state index contributed by atoms with van der Waals surface area (Å²) in [5.41, 5.74) is 6.52. The number of likely N-dealkylation sites (N-methyl/N-ethyl adjacent to an activating group) is 1. The Morgan fingerprint density at radius 1 is 1.35 bits per heavy atom. The second-order valence-electron chi connectivity index (χ2n) is 3.60. The van der Waals surface area contributed by atoms with Gasteiger partial charge in [-0.2, -0.15) is 0 Å². The molecule has 0 saturated carbocycles. The van der Waals surface area contributed by atoms with Crippen LogP contribution in [0.4, 0.5) is 5.69 Å². The number of halogens is 1. The SMILES string of the molecule is CN(C)C(=O)CNC(=O)c1cccc(N)c1.Cl. The van der Waals surface area contributed by atoms with Gasteiger partial charge in [-0.05, 0) is 18.2 Å². The molecule has 1 aromatic carbocycles. The summed E-state index contributed by atoms with van der Waals surface area (Å²) in [7, 11) is 3.27. The van der Waals surface area contributed by atoms with E-state index in [1.807, 2.05) is 0 Å². The first-order valence-electron chi connectivity index (χ1n) is 4.84. The van der Waals surface area contributed by atoms with E-state index in [0.29, 0.717) is 11.3 Å². The Morgan fingerprint density at radius 2 is 2.00 bits per heavy atom. The molecule has 0 heterocycles. The van der Waals surface area contributed by atoms with Crippen LogP contribution in [0.15, 0.2) is 24.3 Å². The molecule has 0 bridgehead atoms. The van der Waals surface area contributed by atoms with Crippen LogP contribution >= 0.6 is 12.4 Å². The van der Waals surface area contributed by atoms with Crippen LogP contribution in [0.2, 0.25) is 0 Å². The molecule has 0 aromatic heterocycles. The number of nitrogens with two attached hydrogens (primary N) is 1. The van der Waals surface area contributed by atoms with Crippen LogP contribution in [0.5, 0.6) is 0 Å². The number of rotatable bonds is 3. The van der Waals surface area contributed by atoms with Gasteiger partial charge in [-0.1, -0.05) is 6.07 Å². The van der Waals surface area contributed by atoms with Gasteiger partial charge in [0, 0.05) is 25.3 Å². The van der Waals surface area contributed by atoms with Crippen molar-refractivity contribution in [2.45, 2.75) is 0 Å². The predicted octanol–water partition coefficient (Wildman–Crippen LogP) is 0.509. The van der Waals surface area contributed by atoms with Gasteiger partial charge in [0.25, 0.3) is 5.91 Å². The number of hydrogen-bond donors (Lipinski definition) is 2. The first kappa shape index (κ1) is 15.2. The van der Waals surface area contributed by atoms with Gasteiger partial charge in [0.15, 0.2) is 0 Å². The Balaban J connectivity index is 0.00000256. The minimum Gasteiger partial charge on any atom is -0.399 e. The van der Waals surface area contributed by atoms with E-state index in [4.69, 9.17) is 5.73 Å². The van der Waals surface area contributed by atoms with Gasteiger partial charge < -0.3 is 16.0 Å². The molecule has 6 heteroatoms. The van der Waals surface area contributed by atoms with Crippen molar-refractivity contribution in [3.8, 4) is 0 Å². The summed E-state index contributed by atoms with van der Waals surface area (Å²) >= 11 is 0. The normalized spacial score (nSPS) is 9.06. The number of carbonyl (C=O) groups excluding carboxylic acids is 2. The van der Waals surface area contributed by atoms with Gasteiger partial charge in [-0.15, -0.1) is 12.4 Å². The number of carbonyl (C=O) groups is 2. The minimum atomic E-state index is -0.303. The summed E-state index contributed by atoms with van der Waals surface area (Å²) in [5, 5.41) is 2.52. The van der Waals surface area contributed by atoms with E-state index in [0.717, 1.165) is 0 Å². The van der Waals surface area contributed by atoms with Crippen molar-refractivity contribution in [3.63, 3.8) is 0 Å². The van der Waals surface area contributed by atoms with Crippen molar-refractivity contribution < 1.29 is 9.59 Å². The Morgan fingerprint density at radius 3 is 2.53 bits per heavy atom. The van der Waals surface area contributed by atoms with E-state index < -0.39 is 0 Å². The zero-order chi connectivity index (χ0) is 12.1.